The van der Waals surface area contributed by atoms with E-state index >= 15 is 0 Å². The minimum Gasteiger partial charge on any atom is -0.383 e. The van der Waals surface area contributed by atoms with Gasteiger partial charge in [-0.2, -0.15) is 0 Å². The zero-order chi connectivity index (χ0) is 12.3. The monoisotopic (exact) mass is 293 g/mol. The Morgan fingerprint density at radius 3 is 2.65 bits per heavy atom. The highest BCUT2D eigenvalue weighted by Gasteiger charge is 2.09. The van der Waals surface area contributed by atoms with Crippen molar-refractivity contribution in [2.45, 2.75) is 26.3 Å². The van der Waals surface area contributed by atoms with Gasteiger partial charge in [0.05, 0.1) is 6.33 Å². The van der Waals surface area contributed by atoms with Crippen LogP contribution < -0.4 is 5.73 Å². The van der Waals surface area contributed by atoms with Crippen molar-refractivity contribution in [1.29, 1.82) is 0 Å². The highest BCUT2D eigenvalue weighted by molar-refractivity contribution is 9.10. The van der Waals surface area contributed by atoms with E-state index in [1.807, 2.05) is 35.2 Å². The second kappa shape index (κ2) is 5.36. The van der Waals surface area contributed by atoms with Crippen LogP contribution in [0.15, 0.2) is 35.1 Å². The zero-order valence-corrected chi connectivity index (χ0v) is 11.4. The molecule has 0 atom stereocenters. The number of aromatic nitrogens is 2. The largest absolute Gasteiger partial charge is 0.383 e. The Hall–Kier alpha value is -1.29. The molecule has 0 aliphatic carbocycles. The standard InChI is InChI=1S/C13H16BrN3/c1-2-3-8-17-9-16-12(13(17)15)10-4-6-11(14)7-5-10/h4-7,9H,2-3,8,15H2,1H3. The molecule has 0 saturated heterocycles. The van der Waals surface area contributed by atoms with Gasteiger partial charge in [0.25, 0.3) is 0 Å². The van der Waals surface area contributed by atoms with Crippen molar-refractivity contribution < 1.29 is 0 Å². The Kier molecular flexibility index (Phi) is 3.84. The first-order valence-electron chi connectivity index (χ1n) is 5.79. The molecule has 0 saturated carbocycles. The number of nitrogen functional groups attached to an aromatic ring is 1. The van der Waals surface area contributed by atoms with Crippen molar-refractivity contribution in [2.75, 3.05) is 5.73 Å². The molecule has 2 aromatic rings. The summed E-state index contributed by atoms with van der Waals surface area (Å²) in [6.07, 6.45) is 4.11. The fourth-order valence-electron chi connectivity index (χ4n) is 1.73. The molecule has 0 unspecified atom stereocenters. The van der Waals surface area contributed by atoms with Gasteiger partial charge in [-0.15, -0.1) is 0 Å². The van der Waals surface area contributed by atoms with Gasteiger partial charge in [0, 0.05) is 16.6 Å². The number of nitrogens with two attached hydrogens (primary N) is 1. The number of hydrogen-bond donors (Lipinski definition) is 1. The third-order valence-electron chi connectivity index (χ3n) is 2.75. The highest BCUT2D eigenvalue weighted by atomic mass is 79.9. The summed E-state index contributed by atoms with van der Waals surface area (Å²) in [7, 11) is 0. The Morgan fingerprint density at radius 1 is 1.29 bits per heavy atom. The fraction of sp³-hybridized carbons (Fsp3) is 0.308. The van der Waals surface area contributed by atoms with Crippen LogP contribution in [0.5, 0.6) is 0 Å². The fourth-order valence-corrected chi connectivity index (χ4v) is 1.99. The van der Waals surface area contributed by atoms with Crippen LogP contribution in [0.25, 0.3) is 11.3 Å². The van der Waals surface area contributed by atoms with Gasteiger partial charge in [-0.3, -0.25) is 0 Å². The van der Waals surface area contributed by atoms with Crippen molar-refractivity contribution in [3.05, 3.63) is 35.1 Å². The summed E-state index contributed by atoms with van der Waals surface area (Å²) in [5, 5.41) is 0. The average Bonchev–Trinajstić information content (AvgIpc) is 2.69. The molecule has 1 aromatic heterocycles. The van der Waals surface area contributed by atoms with Crippen molar-refractivity contribution in [1.82, 2.24) is 9.55 Å². The maximum atomic E-state index is 6.10. The lowest BCUT2D eigenvalue weighted by Gasteiger charge is -2.04. The summed E-state index contributed by atoms with van der Waals surface area (Å²) in [6, 6.07) is 8.04. The van der Waals surface area contributed by atoms with E-state index in [2.05, 4.69) is 27.8 Å². The lowest BCUT2D eigenvalue weighted by molar-refractivity contribution is 0.637. The Balaban J connectivity index is 2.27. The van der Waals surface area contributed by atoms with Crippen LogP contribution >= 0.6 is 15.9 Å². The van der Waals surface area contributed by atoms with E-state index in [0.717, 1.165) is 40.9 Å². The Labute approximate surface area is 110 Å². The van der Waals surface area contributed by atoms with E-state index < -0.39 is 0 Å². The summed E-state index contributed by atoms with van der Waals surface area (Å²) in [4.78, 5) is 4.39. The van der Waals surface area contributed by atoms with Crippen molar-refractivity contribution in [3.63, 3.8) is 0 Å². The molecule has 0 spiro atoms. The van der Waals surface area contributed by atoms with E-state index in [0.29, 0.717) is 0 Å². The number of imidazole rings is 1. The number of halogens is 1. The van der Waals surface area contributed by atoms with Crippen LogP contribution in [-0.2, 0) is 6.54 Å². The van der Waals surface area contributed by atoms with E-state index in [1.165, 1.54) is 0 Å². The van der Waals surface area contributed by atoms with Gasteiger partial charge in [0.1, 0.15) is 11.5 Å². The van der Waals surface area contributed by atoms with Gasteiger partial charge >= 0.3 is 0 Å². The summed E-state index contributed by atoms with van der Waals surface area (Å²) in [5.41, 5.74) is 8.03. The van der Waals surface area contributed by atoms with Crippen molar-refractivity contribution >= 4 is 21.7 Å². The Bertz CT molecular complexity index is 488. The summed E-state index contributed by atoms with van der Waals surface area (Å²) in [6.45, 7) is 3.11. The highest BCUT2D eigenvalue weighted by Crippen LogP contribution is 2.25. The van der Waals surface area contributed by atoms with E-state index in [9.17, 15) is 0 Å². The van der Waals surface area contributed by atoms with Crippen molar-refractivity contribution in [3.8, 4) is 11.3 Å². The van der Waals surface area contributed by atoms with Gasteiger partial charge in [-0.25, -0.2) is 4.98 Å². The molecule has 2 rings (SSSR count). The molecule has 3 nitrogen and oxygen atoms in total. The number of aryl methyl sites for hydroxylation is 1. The molecule has 0 amide bonds. The smallest absolute Gasteiger partial charge is 0.131 e. The molecule has 1 aromatic carbocycles. The molecular weight excluding hydrogens is 278 g/mol. The molecule has 0 bridgehead atoms. The van der Waals surface area contributed by atoms with Gasteiger partial charge in [-0.05, 0) is 18.6 Å². The molecule has 90 valence electrons. The second-order valence-electron chi connectivity index (χ2n) is 4.03. The molecule has 0 aliphatic rings. The van der Waals surface area contributed by atoms with Crippen LogP contribution in [0.2, 0.25) is 0 Å². The van der Waals surface area contributed by atoms with E-state index in [4.69, 9.17) is 5.73 Å². The quantitative estimate of drug-likeness (QED) is 0.934. The number of unbranched alkanes of at least 4 members (excludes halogenated alkanes) is 1. The SMILES string of the molecule is CCCCn1cnc(-c2ccc(Br)cc2)c1N. The number of hydrogen-bond acceptors (Lipinski definition) is 2. The summed E-state index contributed by atoms with van der Waals surface area (Å²) >= 11 is 3.42. The molecular formula is C13H16BrN3. The molecule has 1 heterocycles. The second-order valence-corrected chi connectivity index (χ2v) is 4.95. The maximum absolute atomic E-state index is 6.10. The predicted octanol–water partition coefficient (Wildman–Crippen LogP) is 3.69. The lowest BCUT2D eigenvalue weighted by Crippen LogP contribution is -2.01. The van der Waals surface area contributed by atoms with Gasteiger partial charge in [0.15, 0.2) is 0 Å². The molecule has 0 aliphatic heterocycles. The van der Waals surface area contributed by atoms with Gasteiger partial charge < -0.3 is 10.3 Å². The number of benzene rings is 1. The number of nitrogens with zero attached hydrogens (tertiary/aromatic N) is 2. The number of anilines is 1. The van der Waals surface area contributed by atoms with Crippen LogP contribution in [0.3, 0.4) is 0 Å². The van der Waals surface area contributed by atoms with Crippen LogP contribution in [0.4, 0.5) is 5.82 Å². The average molecular weight is 294 g/mol. The van der Waals surface area contributed by atoms with Crippen molar-refractivity contribution in [2.24, 2.45) is 0 Å². The van der Waals surface area contributed by atoms with Crippen LogP contribution in [0.1, 0.15) is 19.8 Å². The maximum Gasteiger partial charge on any atom is 0.131 e. The lowest BCUT2D eigenvalue weighted by atomic mass is 10.1. The third-order valence-corrected chi connectivity index (χ3v) is 3.28. The number of rotatable bonds is 4. The predicted molar refractivity (Wildman–Crippen MR) is 74.7 cm³/mol. The molecule has 17 heavy (non-hydrogen) atoms. The first-order valence-corrected chi connectivity index (χ1v) is 6.58. The topological polar surface area (TPSA) is 43.8 Å². The molecule has 4 heteroatoms. The summed E-state index contributed by atoms with van der Waals surface area (Å²) in [5.74, 6) is 0.751. The third kappa shape index (κ3) is 2.69. The normalized spacial score (nSPS) is 10.7. The minimum atomic E-state index is 0.751. The zero-order valence-electron chi connectivity index (χ0n) is 9.86. The summed E-state index contributed by atoms with van der Waals surface area (Å²) < 4.78 is 3.08. The van der Waals surface area contributed by atoms with E-state index in [1.54, 1.807) is 0 Å². The Morgan fingerprint density at radius 2 is 2.00 bits per heavy atom. The first kappa shape index (κ1) is 12.2. The molecule has 0 radical (unpaired) electrons. The minimum absolute atomic E-state index is 0.751. The van der Waals surface area contributed by atoms with Crippen LogP contribution in [0, 0.1) is 0 Å². The molecule has 0 fully saturated rings. The first-order chi connectivity index (χ1) is 8.22. The molecule has 2 N–H and O–H groups in total. The van der Waals surface area contributed by atoms with Gasteiger partial charge in [-0.1, -0.05) is 41.4 Å². The van der Waals surface area contributed by atoms with Crippen LogP contribution in [-0.4, -0.2) is 9.55 Å². The van der Waals surface area contributed by atoms with E-state index in [-0.39, 0.29) is 0 Å². The van der Waals surface area contributed by atoms with Gasteiger partial charge in [0.2, 0.25) is 0 Å².